The number of halogens is 15. The molecule has 9 unspecified atom stereocenters. The Morgan fingerprint density at radius 3 is 0.952 bits per heavy atom. The van der Waals surface area contributed by atoms with Crippen molar-refractivity contribution in [2.75, 3.05) is 0 Å². The Balaban J connectivity index is 0.000000140. The summed E-state index contributed by atoms with van der Waals surface area (Å²) in [5.74, 6) is -36.0. The Kier molecular flexibility index (Phi) is 15.9. The van der Waals surface area contributed by atoms with Crippen LogP contribution >= 0.6 is 0 Å². The summed E-state index contributed by atoms with van der Waals surface area (Å²) in [4.78, 5) is 38.5. The lowest BCUT2D eigenvalue weighted by Gasteiger charge is -2.59. The lowest BCUT2D eigenvalue weighted by Crippen LogP contribution is -2.67. The van der Waals surface area contributed by atoms with Gasteiger partial charge in [0.05, 0.1) is 0 Å². The van der Waals surface area contributed by atoms with E-state index < -0.39 is 142 Å². The number of rotatable bonds is 10. The first-order valence-electron chi connectivity index (χ1n) is 31.5. The Morgan fingerprint density at radius 1 is 0.393 bits per heavy atom. The molecule has 15 aliphatic carbocycles. The fourth-order valence-corrected chi connectivity index (χ4v) is 20.6. The van der Waals surface area contributed by atoms with Gasteiger partial charge in [0.25, 0.3) is 23.7 Å². The van der Waals surface area contributed by atoms with E-state index in [1.165, 1.54) is 40.0 Å². The van der Waals surface area contributed by atoms with Gasteiger partial charge in [-0.2, -0.15) is 0 Å². The van der Waals surface area contributed by atoms with Crippen LogP contribution in [0.4, 0.5) is 65.9 Å². The maximum atomic E-state index is 15.1. The number of ether oxygens (including phenoxy) is 3. The molecular formula is C63H87F15O6. The average molecular weight is 1230 g/mol. The van der Waals surface area contributed by atoms with E-state index in [1.807, 2.05) is 0 Å². The van der Waals surface area contributed by atoms with Crippen LogP contribution in [0.25, 0.3) is 0 Å². The molecule has 0 aromatic heterocycles. The molecular weight excluding hydrogens is 1140 g/mol. The lowest BCUT2D eigenvalue weighted by molar-refractivity contribution is -0.308. The quantitative estimate of drug-likeness (QED) is 0.123. The summed E-state index contributed by atoms with van der Waals surface area (Å²) in [5, 5.41) is 0. The number of hydrogen-bond acceptors (Lipinski definition) is 6. The highest BCUT2D eigenvalue weighted by molar-refractivity contribution is 5.76. The van der Waals surface area contributed by atoms with Crippen LogP contribution in [-0.4, -0.2) is 87.3 Å². The Hall–Kier alpha value is -2.64. The van der Waals surface area contributed by atoms with Gasteiger partial charge in [-0.15, -0.1) is 0 Å². The highest BCUT2D eigenvalue weighted by Crippen LogP contribution is 2.67. The van der Waals surface area contributed by atoms with Crippen LogP contribution in [-0.2, 0) is 28.6 Å². The second-order valence-electron chi connectivity index (χ2n) is 30.4. The van der Waals surface area contributed by atoms with Crippen molar-refractivity contribution in [2.45, 2.75) is 266 Å². The third-order valence-corrected chi connectivity index (χ3v) is 25.4. The molecule has 0 spiro atoms. The van der Waals surface area contributed by atoms with Crippen LogP contribution in [0.15, 0.2) is 0 Å². The molecule has 0 N–H and O–H groups in total. The largest absolute Gasteiger partial charge is 0.458 e. The minimum absolute atomic E-state index is 0.116. The molecule has 15 saturated carbocycles. The van der Waals surface area contributed by atoms with Gasteiger partial charge in [-0.1, -0.05) is 20.8 Å². The van der Waals surface area contributed by atoms with Crippen LogP contribution < -0.4 is 0 Å². The van der Waals surface area contributed by atoms with Gasteiger partial charge in [0, 0.05) is 25.7 Å². The summed E-state index contributed by atoms with van der Waals surface area (Å²) < 4.78 is 236. The number of carbonyl (C=O) groups is 3. The van der Waals surface area contributed by atoms with E-state index in [1.54, 1.807) is 20.8 Å². The molecule has 15 rings (SSSR count). The summed E-state index contributed by atoms with van der Waals surface area (Å²) in [5.41, 5.74) is -14.7. The fraction of sp³-hybridized carbons (Fsp3) is 0.952. The predicted molar refractivity (Wildman–Crippen MR) is 279 cm³/mol. The van der Waals surface area contributed by atoms with E-state index in [9.17, 15) is 75.8 Å². The van der Waals surface area contributed by atoms with E-state index >= 15 is 4.39 Å². The fourth-order valence-electron chi connectivity index (χ4n) is 20.6. The van der Waals surface area contributed by atoms with Gasteiger partial charge in [-0.25, -0.2) is 65.9 Å². The molecule has 0 radical (unpaired) electrons. The maximum absolute atomic E-state index is 15.1. The molecule has 0 aromatic rings. The molecule has 0 aliphatic heterocycles. The van der Waals surface area contributed by atoms with Crippen molar-refractivity contribution in [3.8, 4) is 0 Å². The Morgan fingerprint density at radius 2 is 0.679 bits per heavy atom. The van der Waals surface area contributed by atoms with E-state index in [-0.39, 0.29) is 75.5 Å². The van der Waals surface area contributed by atoms with Crippen LogP contribution in [0.1, 0.15) is 197 Å². The van der Waals surface area contributed by atoms with Crippen molar-refractivity contribution in [3.05, 3.63) is 0 Å². The zero-order chi connectivity index (χ0) is 62.1. The van der Waals surface area contributed by atoms with Gasteiger partial charge in [0.15, 0.2) is 0 Å². The van der Waals surface area contributed by atoms with Crippen molar-refractivity contribution in [1.29, 1.82) is 0 Å². The van der Waals surface area contributed by atoms with Gasteiger partial charge in [0.1, 0.15) is 34.6 Å². The van der Waals surface area contributed by atoms with Gasteiger partial charge in [-0.3, -0.25) is 14.4 Å². The molecule has 12 bridgehead atoms. The van der Waals surface area contributed by atoms with Gasteiger partial charge in [0.2, 0.25) is 17.0 Å². The normalized spacial score (nSPS) is 50.1. The number of esters is 3. The van der Waals surface area contributed by atoms with Gasteiger partial charge < -0.3 is 14.2 Å². The van der Waals surface area contributed by atoms with Crippen molar-refractivity contribution < 1.29 is 94.5 Å². The van der Waals surface area contributed by atoms with Crippen molar-refractivity contribution in [1.82, 2.24) is 0 Å². The number of hydrogen-bond donors (Lipinski definition) is 0. The van der Waals surface area contributed by atoms with E-state index in [0.29, 0.717) is 35.5 Å². The smallest absolute Gasteiger partial charge is 0.315 e. The third kappa shape index (κ3) is 9.59. The monoisotopic (exact) mass is 1220 g/mol. The number of alkyl halides is 15. The molecule has 0 heterocycles. The van der Waals surface area contributed by atoms with Gasteiger partial charge in [-0.05, 0) is 239 Å². The zero-order valence-corrected chi connectivity index (χ0v) is 49.9. The Labute approximate surface area is 484 Å². The SMILES string of the molecule is CC1CC(C(=O)OC2(C)C3CC4CC(C3)CC2C4)C(F)(F)C(F)(C(C)(F)F)C1.CCC1CC(C(=O)OC2(C)C3CC4CC(C3)CC2C4)C(F)(F)C(C)(F)C1(F)F.CCC1CC(C(=O)OC2(C)C3CC4CC(C3)CC2C4)C(F)(F)C1(F)C(C)(F)F. The molecule has 9 atom stereocenters. The highest BCUT2D eigenvalue weighted by Gasteiger charge is 2.80. The zero-order valence-electron chi connectivity index (χ0n) is 49.9. The molecule has 0 amide bonds. The van der Waals surface area contributed by atoms with E-state index in [2.05, 4.69) is 0 Å². The summed E-state index contributed by atoms with van der Waals surface area (Å²) in [6, 6.07) is 0. The van der Waals surface area contributed by atoms with Crippen LogP contribution in [0.5, 0.6) is 0 Å². The van der Waals surface area contributed by atoms with Crippen molar-refractivity contribution in [3.63, 3.8) is 0 Å². The average Bonchev–Trinajstić information content (AvgIpc) is 1.27. The van der Waals surface area contributed by atoms with Crippen LogP contribution in [0, 0.1) is 107 Å². The molecule has 84 heavy (non-hydrogen) atoms. The minimum Gasteiger partial charge on any atom is -0.458 e. The summed E-state index contributed by atoms with van der Waals surface area (Å²) >= 11 is 0. The van der Waals surface area contributed by atoms with Crippen LogP contribution in [0.3, 0.4) is 0 Å². The predicted octanol–water partition coefficient (Wildman–Crippen LogP) is 17.4. The molecule has 480 valence electrons. The third-order valence-electron chi connectivity index (χ3n) is 25.4. The summed E-state index contributed by atoms with van der Waals surface area (Å²) in [7, 11) is 0. The molecule has 0 saturated heterocycles. The van der Waals surface area contributed by atoms with Gasteiger partial charge >= 0.3 is 29.8 Å². The minimum atomic E-state index is -4.48. The molecule has 21 heteroatoms. The lowest BCUT2D eigenvalue weighted by atomic mass is 9.50. The highest BCUT2D eigenvalue weighted by atomic mass is 19.3. The first-order valence-corrected chi connectivity index (χ1v) is 31.5. The van der Waals surface area contributed by atoms with Crippen LogP contribution in [0.2, 0.25) is 0 Å². The summed E-state index contributed by atoms with van der Waals surface area (Å²) in [6.07, 6.45) is 11.4. The molecule has 15 aliphatic rings. The first kappa shape index (κ1) is 64.3. The Bertz CT molecular complexity index is 2360. The molecule has 6 nitrogen and oxygen atoms in total. The molecule has 15 fully saturated rings. The number of carbonyl (C=O) groups excluding carboxylic acids is 3. The van der Waals surface area contributed by atoms with Crippen molar-refractivity contribution in [2.24, 2.45) is 107 Å². The first-order chi connectivity index (χ1) is 38.5. The topological polar surface area (TPSA) is 78.9 Å². The summed E-state index contributed by atoms with van der Waals surface area (Å²) in [6.45, 7) is 10.2. The second kappa shape index (κ2) is 20.7. The maximum Gasteiger partial charge on any atom is 0.315 e. The standard InChI is InChI=1S/3C21H29F5O2/c1-11-4-16(21(25,26)20(24,10-11)19(3,22)23)17(27)28-18(2)14-6-12-5-13(8-14)9-15(18)7-12;1-4-13-10-16(21(25,26)20(13,24)19(3,22)23)17(27)28-18(2)14-6-11-5-12(8-14)9-15(18)7-11;1-4-13-10-16(21(25,26)19(3,22)20(13,23)24)17(27)28-18(2)14-6-11-5-12(8-14)9-15(18)7-11/h3*11-16H,4-10H2,1-3H3. The van der Waals surface area contributed by atoms with E-state index in [4.69, 9.17) is 14.2 Å². The molecule has 0 aromatic carbocycles. The second-order valence-corrected chi connectivity index (χ2v) is 30.4. The van der Waals surface area contributed by atoms with Crippen molar-refractivity contribution >= 4 is 17.9 Å². The van der Waals surface area contributed by atoms with E-state index in [0.717, 1.165) is 77.0 Å².